The number of nitrogens with one attached hydrogen (secondary N) is 1. The maximum Gasteiger partial charge on any atom is 0.224 e. The quantitative estimate of drug-likeness (QED) is 0.921. The zero-order valence-corrected chi connectivity index (χ0v) is 13.8. The maximum atomic E-state index is 12.1. The van der Waals surface area contributed by atoms with Gasteiger partial charge in [-0.05, 0) is 38.3 Å². The normalized spacial score (nSPS) is 13.7. The summed E-state index contributed by atoms with van der Waals surface area (Å²) >= 11 is 0. The van der Waals surface area contributed by atoms with Gasteiger partial charge in [-0.1, -0.05) is 23.4 Å². The fraction of sp³-hybridized carbons (Fsp3) is 0.444. The van der Waals surface area contributed by atoms with E-state index in [9.17, 15) is 4.79 Å². The lowest BCUT2D eigenvalue weighted by molar-refractivity contribution is -0.120. The molecular weight excluding hydrogens is 290 g/mol. The van der Waals surface area contributed by atoms with Crippen molar-refractivity contribution in [1.29, 1.82) is 0 Å². The Hall–Kier alpha value is -2.30. The first kappa shape index (κ1) is 15.6. The Morgan fingerprint density at radius 3 is 2.96 bits per heavy atom. The second-order valence-corrected chi connectivity index (χ2v) is 6.05. The van der Waals surface area contributed by atoms with Crippen molar-refractivity contribution >= 4 is 11.6 Å². The molecule has 1 aromatic heterocycles. The highest BCUT2D eigenvalue weighted by Crippen LogP contribution is 2.25. The number of rotatable bonds is 5. The predicted molar refractivity (Wildman–Crippen MR) is 89.7 cm³/mol. The molecule has 0 radical (unpaired) electrons. The number of carbonyl (C=O) groups excluding carboxylic acids is 1. The third-order valence-corrected chi connectivity index (χ3v) is 4.43. The van der Waals surface area contributed by atoms with Crippen LogP contribution in [0.1, 0.15) is 29.0 Å². The number of para-hydroxylation sites is 1. The highest BCUT2D eigenvalue weighted by Gasteiger charge is 2.17. The second-order valence-electron chi connectivity index (χ2n) is 6.05. The van der Waals surface area contributed by atoms with E-state index in [2.05, 4.69) is 39.6 Å². The molecule has 1 aromatic carbocycles. The van der Waals surface area contributed by atoms with Crippen LogP contribution in [0.2, 0.25) is 0 Å². The van der Waals surface area contributed by atoms with E-state index < -0.39 is 0 Å². The molecule has 0 unspecified atom stereocenters. The van der Waals surface area contributed by atoms with E-state index in [1.165, 1.54) is 17.7 Å². The molecule has 2 aromatic rings. The van der Waals surface area contributed by atoms with Gasteiger partial charge in [0.15, 0.2) is 0 Å². The number of benzene rings is 1. The first-order chi connectivity index (χ1) is 11.1. The summed E-state index contributed by atoms with van der Waals surface area (Å²) in [5, 5.41) is 6.89. The maximum absolute atomic E-state index is 12.1. The molecule has 5 heteroatoms. The summed E-state index contributed by atoms with van der Waals surface area (Å²) in [6, 6.07) is 8.53. The molecule has 1 N–H and O–H groups in total. The van der Waals surface area contributed by atoms with Gasteiger partial charge in [0.2, 0.25) is 5.91 Å². The first-order valence-electron chi connectivity index (χ1n) is 8.16. The highest BCUT2D eigenvalue weighted by molar-refractivity contribution is 5.79. The van der Waals surface area contributed by atoms with Crippen LogP contribution in [0, 0.1) is 13.8 Å². The summed E-state index contributed by atoms with van der Waals surface area (Å²) in [6.07, 6.45) is 2.65. The van der Waals surface area contributed by atoms with Crippen LogP contribution in [0.3, 0.4) is 0 Å². The molecular formula is C18H23N3O2. The van der Waals surface area contributed by atoms with Gasteiger partial charge in [0.05, 0.1) is 12.1 Å². The Morgan fingerprint density at radius 2 is 2.17 bits per heavy atom. The van der Waals surface area contributed by atoms with Gasteiger partial charge in [-0.3, -0.25) is 4.79 Å². The van der Waals surface area contributed by atoms with E-state index in [4.69, 9.17) is 4.52 Å². The number of anilines is 1. The van der Waals surface area contributed by atoms with Crippen molar-refractivity contribution in [2.24, 2.45) is 0 Å². The average Bonchev–Trinajstić information content (AvgIpc) is 2.87. The van der Waals surface area contributed by atoms with Crippen molar-refractivity contribution in [3.63, 3.8) is 0 Å². The van der Waals surface area contributed by atoms with Crippen molar-refractivity contribution in [2.75, 3.05) is 24.5 Å². The predicted octanol–water partition coefficient (Wildman–Crippen LogP) is 2.40. The Morgan fingerprint density at radius 1 is 1.35 bits per heavy atom. The zero-order chi connectivity index (χ0) is 16.2. The van der Waals surface area contributed by atoms with Crippen LogP contribution in [0.5, 0.6) is 0 Å². The molecule has 1 aliphatic rings. The molecule has 0 spiro atoms. The minimum absolute atomic E-state index is 0.0182. The second kappa shape index (κ2) is 6.86. The number of nitrogens with zero attached hydrogens (tertiary/aromatic N) is 2. The van der Waals surface area contributed by atoms with Gasteiger partial charge in [-0.15, -0.1) is 0 Å². The van der Waals surface area contributed by atoms with E-state index in [1.54, 1.807) is 0 Å². The topological polar surface area (TPSA) is 58.4 Å². The molecule has 0 fully saturated rings. The largest absolute Gasteiger partial charge is 0.370 e. The number of fused-ring (bicyclic) bond motifs is 1. The Balaban J connectivity index is 1.51. The molecule has 23 heavy (non-hydrogen) atoms. The summed E-state index contributed by atoms with van der Waals surface area (Å²) < 4.78 is 5.10. The van der Waals surface area contributed by atoms with Crippen molar-refractivity contribution in [3.8, 4) is 0 Å². The van der Waals surface area contributed by atoms with Crippen molar-refractivity contribution in [2.45, 2.75) is 33.1 Å². The molecule has 122 valence electrons. The molecule has 2 heterocycles. The van der Waals surface area contributed by atoms with Gasteiger partial charge in [-0.2, -0.15) is 0 Å². The highest BCUT2D eigenvalue weighted by atomic mass is 16.5. The molecule has 0 saturated carbocycles. The Labute approximate surface area is 136 Å². The van der Waals surface area contributed by atoms with E-state index in [1.807, 2.05) is 13.8 Å². The Bertz CT molecular complexity index is 674. The summed E-state index contributed by atoms with van der Waals surface area (Å²) in [5.41, 5.74) is 4.40. The fourth-order valence-electron chi connectivity index (χ4n) is 3.15. The van der Waals surface area contributed by atoms with Crippen molar-refractivity contribution < 1.29 is 9.32 Å². The Kier molecular flexibility index (Phi) is 4.65. The van der Waals surface area contributed by atoms with Crippen LogP contribution in [-0.2, 0) is 17.6 Å². The van der Waals surface area contributed by atoms with Gasteiger partial charge >= 0.3 is 0 Å². The summed E-state index contributed by atoms with van der Waals surface area (Å²) in [5.74, 6) is 0.743. The summed E-state index contributed by atoms with van der Waals surface area (Å²) in [4.78, 5) is 14.5. The lowest BCUT2D eigenvalue weighted by atomic mass is 10.0. The molecule has 0 aliphatic carbocycles. The monoisotopic (exact) mass is 313 g/mol. The van der Waals surface area contributed by atoms with E-state index in [0.29, 0.717) is 13.0 Å². The third-order valence-electron chi connectivity index (χ3n) is 4.43. The molecule has 1 amide bonds. The van der Waals surface area contributed by atoms with Crippen molar-refractivity contribution in [1.82, 2.24) is 10.5 Å². The van der Waals surface area contributed by atoms with E-state index in [0.717, 1.165) is 36.5 Å². The number of aryl methyl sites for hydroxylation is 3. The summed E-state index contributed by atoms with van der Waals surface area (Å²) in [7, 11) is 0. The zero-order valence-electron chi connectivity index (χ0n) is 13.8. The number of amides is 1. The molecule has 1 aliphatic heterocycles. The van der Waals surface area contributed by atoms with Gasteiger partial charge in [0.25, 0.3) is 0 Å². The van der Waals surface area contributed by atoms with Gasteiger partial charge < -0.3 is 14.7 Å². The minimum Gasteiger partial charge on any atom is -0.370 e. The standard InChI is InChI=1S/C18H23N3O2/c1-13-16(14(2)23-20-13)12-18(22)19-9-11-21-10-5-7-15-6-3-4-8-17(15)21/h3-4,6,8H,5,7,9-12H2,1-2H3,(H,19,22). The van der Waals surface area contributed by atoms with Gasteiger partial charge in [0.1, 0.15) is 5.76 Å². The molecule has 0 bridgehead atoms. The van der Waals surface area contributed by atoms with Crippen LogP contribution in [-0.4, -0.2) is 30.7 Å². The number of hydrogen-bond acceptors (Lipinski definition) is 4. The number of hydrogen-bond donors (Lipinski definition) is 1. The molecule has 5 nitrogen and oxygen atoms in total. The first-order valence-corrected chi connectivity index (χ1v) is 8.16. The smallest absolute Gasteiger partial charge is 0.224 e. The molecule has 0 atom stereocenters. The van der Waals surface area contributed by atoms with Crippen LogP contribution in [0.4, 0.5) is 5.69 Å². The average molecular weight is 313 g/mol. The fourth-order valence-corrected chi connectivity index (χ4v) is 3.15. The summed E-state index contributed by atoms with van der Waals surface area (Å²) in [6.45, 7) is 6.24. The van der Waals surface area contributed by atoms with Gasteiger partial charge in [0, 0.05) is 30.9 Å². The van der Waals surface area contributed by atoms with E-state index >= 15 is 0 Å². The van der Waals surface area contributed by atoms with Crippen molar-refractivity contribution in [3.05, 3.63) is 46.8 Å². The van der Waals surface area contributed by atoms with Crippen LogP contribution in [0.15, 0.2) is 28.8 Å². The van der Waals surface area contributed by atoms with Crippen LogP contribution < -0.4 is 10.2 Å². The molecule has 0 saturated heterocycles. The number of aromatic nitrogens is 1. The third kappa shape index (κ3) is 3.55. The van der Waals surface area contributed by atoms with Crippen LogP contribution in [0.25, 0.3) is 0 Å². The van der Waals surface area contributed by atoms with Gasteiger partial charge in [-0.25, -0.2) is 0 Å². The SMILES string of the molecule is Cc1noc(C)c1CC(=O)NCCN1CCCc2ccccc21. The van der Waals surface area contributed by atoms with Crippen LogP contribution >= 0.6 is 0 Å². The number of carbonyl (C=O) groups is 1. The molecule has 3 rings (SSSR count). The minimum atomic E-state index is 0.0182. The van der Waals surface area contributed by atoms with E-state index in [-0.39, 0.29) is 5.91 Å². The lowest BCUT2D eigenvalue weighted by Crippen LogP contribution is -2.38. The lowest BCUT2D eigenvalue weighted by Gasteiger charge is -2.31.